The Morgan fingerprint density at radius 2 is 1.86 bits per heavy atom. The maximum atomic E-state index is 13.4. The molecular weight excluding hydrogens is 635 g/mol. The first-order valence-electron chi connectivity index (χ1n) is 12.8. The van der Waals surface area contributed by atoms with Gasteiger partial charge in [0.05, 0.1) is 50.0 Å². The Labute approximate surface area is 252 Å². The lowest BCUT2D eigenvalue weighted by Crippen LogP contribution is -2.41. The molecule has 1 atom stereocenters. The molecule has 1 fully saturated rings. The van der Waals surface area contributed by atoms with Gasteiger partial charge in [0.25, 0.3) is 0 Å². The maximum absolute atomic E-state index is 13.4. The van der Waals surface area contributed by atoms with Gasteiger partial charge in [-0.15, -0.1) is 0 Å². The van der Waals surface area contributed by atoms with Gasteiger partial charge in [0.2, 0.25) is 11.9 Å². The summed E-state index contributed by atoms with van der Waals surface area (Å²) < 4.78 is 82.7. The summed E-state index contributed by atoms with van der Waals surface area (Å²) in [6.45, 7) is -1.61. The van der Waals surface area contributed by atoms with Crippen molar-refractivity contribution in [3.8, 4) is 0 Å². The van der Waals surface area contributed by atoms with E-state index in [9.17, 15) is 31.1 Å². The van der Waals surface area contributed by atoms with Crippen molar-refractivity contribution in [2.45, 2.75) is 38.2 Å². The lowest BCUT2D eigenvalue weighted by molar-refractivity contribution is -0.176. The van der Waals surface area contributed by atoms with Crippen LogP contribution in [-0.2, 0) is 23.1 Å². The number of hydrogen-bond acceptors (Lipinski definition) is 5. The van der Waals surface area contributed by atoms with E-state index >= 15 is 0 Å². The normalized spacial score (nSPS) is 16.2. The Balaban J connectivity index is 1.49. The number of nitrogens with zero attached hydrogens (tertiary/aromatic N) is 3. The van der Waals surface area contributed by atoms with E-state index in [1.807, 2.05) is 0 Å². The fourth-order valence-electron chi connectivity index (χ4n) is 4.61. The van der Waals surface area contributed by atoms with Crippen molar-refractivity contribution < 1.29 is 35.9 Å². The number of hydrogen-bond donors (Lipinski definition) is 2. The van der Waals surface area contributed by atoms with Crippen molar-refractivity contribution in [2.24, 2.45) is 13.0 Å². The second-order valence-corrected chi connectivity index (χ2v) is 11.0. The molecule has 1 aliphatic heterocycles. The Bertz CT molecular complexity index is 1450. The van der Waals surface area contributed by atoms with Gasteiger partial charge < -0.3 is 24.8 Å². The number of anilines is 3. The standard InChI is InChI=1S/C26H26Cl3F6N5O2/c1-39-20-10-19(40-7-2-3-15(12-40)26(33,34)35)17(28)9-18(20)37-24(39)38-23-16(27)5-4-14(22(23)29)11-36-21(41)6-8-42-13-25(30,31)32/h4-5,9-10,15H,2-3,6-8,11-13H2,1H3,(H,36,41)(H,37,38). The molecule has 42 heavy (non-hydrogen) atoms. The van der Waals surface area contributed by atoms with E-state index < -0.39 is 37.4 Å². The van der Waals surface area contributed by atoms with Gasteiger partial charge in [-0.2, -0.15) is 26.3 Å². The highest BCUT2D eigenvalue weighted by atomic mass is 35.5. The first kappa shape index (κ1) is 32.3. The minimum atomic E-state index is -4.47. The summed E-state index contributed by atoms with van der Waals surface area (Å²) in [6.07, 6.45) is -8.58. The smallest absolute Gasteiger partial charge is 0.372 e. The van der Waals surface area contributed by atoms with Gasteiger partial charge in [-0.05, 0) is 36.6 Å². The molecule has 0 spiro atoms. The fourth-order valence-corrected chi connectivity index (χ4v) is 5.42. The number of fused-ring (bicyclic) bond motifs is 1. The second kappa shape index (κ2) is 12.9. The van der Waals surface area contributed by atoms with E-state index in [-0.39, 0.29) is 46.7 Å². The van der Waals surface area contributed by atoms with Crippen LogP contribution in [0.15, 0.2) is 24.3 Å². The first-order chi connectivity index (χ1) is 19.6. The Morgan fingerprint density at radius 1 is 1.12 bits per heavy atom. The van der Waals surface area contributed by atoms with E-state index in [2.05, 4.69) is 20.4 Å². The number of halogens is 9. The monoisotopic (exact) mass is 659 g/mol. The van der Waals surface area contributed by atoms with E-state index in [0.29, 0.717) is 41.2 Å². The molecule has 1 aromatic heterocycles. The molecule has 2 aromatic carbocycles. The number of carbonyl (C=O) groups excluding carboxylic acids is 1. The third-order valence-corrected chi connectivity index (χ3v) is 7.85. The topological polar surface area (TPSA) is 71.4 Å². The molecule has 230 valence electrons. The van der Waals surface area contributed by atoms with Gasteiger partial charge in [-0.3, -0.25) is 4.79 Å². The van der Waals surface area contributed by atoms with Gasteiger partial charge in [-0.25, -0.2) is 4.98 Å². The molecule has 2 N–H and O–H groups in total. The SMILES string of the molecule is Cn1c(Nc2c(Cl)ccc(CNC(=O)CCOCC(F)(F)F)c2Cl)nc2cc(Cl)c(N3CCCC(C(F)(F)F)C3)cc21. The van der Waals surface area contributed by atoms with E-state index in [4.69, 9.17) is 34.8 Å². The summed E-state index contributed by atoms with van der Waals surface area (Å²) in [5.74, 6) is -1.65. The van der Waals surface area contributed by atoms with E-state index in [1.165, 1.54) is 0 Å². The number of piperidine rings is 1. The Morgan fingerprint density at radius 3 is 2.55 bits per heavy atom. The molecule has 0 radical (unpaired) electrons. The number of rotatable bonds is 9. The number of imidazole rings is 1. The van der Waals surface area contributed by atoms with Crippen molar-refractivity contribution >= 4 is 69.1 Å². The molecule has 1 unspecified atom stereocenters. The number of ether oxygens (including phenoxy) is 1. The average Bonchev–Trinajstić information content (AvgIpc) is 3.20. The highest BCUT2D eigenvalue weighted by Crippen LogP contribution is 2.40. The van der Waals surface area contributed by atoms with Crippen LogP contribution in [0.3, 0.4) is 0 Å². The summed E-state index contributed by atoms with van der Waals surface area (Å²) in [7, 11) is 1.71. The quantitative estimate of drug-likeness (QED) is 0.182. The summed E-state index contributed by atoms with van der Waals surface area (Å²) in [6, 6.07) is 6.42. The lowest BCUT2D eigenvalue weighted by Gasteiger charge is -2.35. The molecule has 16 heteroatoms. The third kappa shape index (κ3) is 7.86. The largest absolute Gasteiger partial charge is 0.411 e. The number of aryl methyl sites for hydroxylation is 1. The summed E-state index contributed by atoms with van der Waals surface area (Å²) >= 11 is 19.4. The first-order valence-corrected chi connectivity index (χ1v) is 13.9. The van der Waals surface area contributed by atoms with Crippen molar-refractivity contribution in [2.75, 3.05) is 36.5 Å². The molecule has 0 aliphatic carbocycles. The van der Waals surface area contributed by atoms with Crippen LogP contribution in [0.25, 0.3) is 11.0 Å². The zero-order valence-corrected chi connectivity index (χ0v) is 24.4. The zero-order valence-electron chi connectivity index (χ0n) is 22.1. The number of nitrogens with one attached hydrogen (secondary N) is 2. The summed E-state index contributed by atoms with van der Waals surface area (Å²) in [5, 5.41) is 6.33. The molecule has 0 saturated carbocycles. The molecule has 0 bridgehead atoms. The number of carbonyl (C=O) groups is 1. The minimum absolute atomic E-state index is 0.0287. The maximum Gasteiger partial charge on any atom is 0.411 e. The van der Waals surface area contributed by atoms with Crippen LogP contribution in [0.2, 0.25) is 15.1 Å². The average molecular weight is 661 g/mol. The number of alkyl halides is 6. The van der Waals surface area contributed by atoms with Crippen LogP contribution >= 0.6 is 34.8 Å². The van der Waals surface area contributed by atoms with Crippen molar-refractivity contribution in [1.29, 1.82) is 0 Å². The number of amides is 1. The van der Waals surface area contributed by atoms with Crippen molar-refractivity contribution in [1.82, 2.24) is 14.9 Å². The van der Waals surface area contributed by atoms with Crippen LogP contribution in [0, 0.1) is 5.92 Å². The van der Waals surface area contributed by atoms with E-state index in [1.54, 1.807) is 40.8 Å². The molecule has 2 heterocycles. The predicted octanol–water partition coefficient (Wildman–Crippen LogP) is 7.64. The van der Waals surface area contributed by atoms with Gasteiger partial charge in [0.1, 0.15) is 6.61 Å². The molecule has 1 amide bonds. The summed E-state index contributed by atoms with van der Waals surface area (Å²) in [5.41, 5.74) is 2.33. The van der Waals surface area contributed by atoms with Crippen LogP contribution in [0.5, 0.6) is 0 Å². The van der Waals surface area contributed by atoms with Crippen LogP contribution in [0.4, 0.5) is 43.7 Å². The van der Waals surface area contributed by atoms with Gasteiger partial charge >= 0.3 is 12.4 Å². The minimum Gasteiger partial charge on any atom is -0.372 e. The van der Waals surface area contributed by atoms with Gasteiger partial charge in [-0.1, -0.05) is 40.9 Å². The lowest BCUT2D eigenvalue weighted by atomic mass is 9.97. The number of benzene rings is 2. The van der Waals surface area contributed by atoms with Crippen LogP contribution in [0.1, 0.15) is 24.8 Å². The van der Waals surface area contributed by atoms with E-state index in [0.717, 1.165) is 0 Å². The fraction of sp³-hybridized carbons (Fsp3) is 0.462. The third-order valence-electron chi connectivity index (χ3n) is 6.80. The highest BCUT2D eigenvalue weighted by molar-refractivity contribution is 6.39. The molecule has 1 aliphatic rings. The van der Waals surface area contributed by atoms with Crippen molar-refractivity contribution in [3.63, 3.8) is 0 Å². The Kier molecular flexibility index (Phi) is 9.96. The van der Waals surface area contributed by atoms with Gasteiger partial charge in [0.15, 0.2) is 0 Å². The Hall–Kier alpha value is -2.61. The van der Waals surface area contributed by atoms with Crippen LogP contribution in [-0.4, -0.2) is 54.1 Å². The molecule has 7 nitrogen and oxygen atoms in total. The molecule has 1 saturated heterocycles. The summed E-state index contributed by atoms with van der Waals surface area (Å²) in [4.78, 5) is 18.2. The molecular formula is C26H26Cl3F6N5O2. The molecule has 3 aromatic rings. The number of aromatic nitrogens is 2. The molecule has 4 rings (SSSR count). The highest BCUT2D eigenvalue weighted by Gasteiger charge is 2.42. The van der Waals surface area contributed by atoms with Crippen LogP contribution < -0.4 is 15.5 Å². The van der Waals surface area contributed by atoms with Gasteiger partial charge in [0, 0.05) is 33.1 Å². The van der Waals surface area contributed by atoms with Crippen molar-refractivity contribution in [3.05, 3.63) is 44.9 Å². The second-order valence-electron chi connectivity index (χ2n) is 9.83. The zero-order chi connectivity index (χ0) is 30.8. The predicted molar refractivity (Wildman–Crippen MR) is 150 cm³/mol.